The van der Waals surface area contributed by atoms with Gasteiger partial charge in [0.05, 0.1) is 36.6 Å². The molecule has 1 aromatic rings. The molecule has 1 aliphatic carbocycles. The molecule has 0 saturated carbocycles. The van der Waals surface area contributed by atoms with Gasteiger partial charge in [0.1, 0.15) is 5.75 Å². The summed E-state index contributed by atoms with van der Waals surface area (Å²) in [5.74, 6) is -0.00988. The van der Waals surface area contributed by atoms with Gasteiger partial charge in [0.2, 0.25) is 0 Å². The van der Waals surface area contributed by atoms with E-state index in [1.54, 1.807) is 7.11 Å². The Morgan fingerprint density at radius 3 is 2.64 bits per heavy atom. The van der Waals surface area contributed by atoms with Crippen LogP contribution in [0.5, 0.6) is 5.75 Å². The number of hydrogen-bond acceptors (Lipinski definition) is 6. The Hall–Kier alpha value is -3.27. The summed E-state index contributed by atoms with van der Waals surface area (Å²) < 4.78 is 5.36. The summed E-state index contributed by atoms with van der Waals surface area (Å²) in [7, 11) is 1.58. The quantitative estimate of drug-likeness (QED) is 0.869. The molecule has 0 radical (unpaired) electrons. The van der Waals surface area contributed by atoms with E-state index in [1.165, 1.54) is 0 Å². The van der Waals surface area contributed by atoms with Gasteiger partial charge in [-0.2, -0.15) is 15.8 Å². The second-order valence-electron chi connectivity index (χ2n) is 7.21. The molecule has 6 heteroatoms. The van der Waals surface area contributed by atoms with E-state index in [0.29, 0.717) is 12.3 Å². The fraction of sp³-hybridized carbons (Fsp3) is 0.409. The van der Waals surface area contributed by atoms with Crippen molar-refractivity contribution in [3.63, 3.8) is 0 Å². The second-order valence-corrected chi connectivity index (χ2v) is 7.21. The first-order valence-electron chi connectivity index (χ1n) is 9.35. The highest BCUT2D eigenvalue weighted by atomic mass is 16.5. The number of hydrogen-bond donors (Lipinski definition) is 1. The molecule has 1 heterocycles. The fourth-order valence-corrected chi connectivity index (χ4v) is 4.48. The first-order chi connectivity index (χ1) is 13.6. The largest absolute Gasteiger partial charge is 0.497 e. The van der Waals surface area contributed by atoms with Gasteiger partial charge in [0.25, 0.3) is 0 Å². The lowest BCUT2D eigenvalue weighted by atomic mass is 9.57. The Morgan fingerprint density at radius 2 is 2.04 bits per heavy atom. The van der Waals surface area contributed by atoms with Crippen LogP contribution >= 0.6 is 0 Å². The maximum Gasteiger partial charge on any atom is 0.187 e. The van der Waals surface area contributed by atoms with Crippen molar-refractivity contribution in [2.75, 3.05) is 26.7 Å². The molecule has 0 fully saturated rings. The van der Waals surface area contributed by atoms with Crippen molar-refractivity contribution in [1.82, 2.24) is 4.90 Å². The molecule has 0 saturated heterocycles. The molecule has 0 unspecified atom stereocenters. The number of nitrogens with zero attached hydrogens (tertiary/aromatic N) is 4. The SMILES string of the molecule is CCCN1CC=C2C(N)=C(C#N)C(C#N)(C#N)[C@@H](c3cccc(OC)c3)[C@H]2C1. The maximum absolute atomic E-state index is 10.1. The van der Waals surface area contributed by atoms with Gasteiger partial charge >= 0.3 is 0 Å². The van der Waals surface area contributed by atoms with Crippen LogP contribution in [0.25, 0.3) is 0 Å². The van der Waals surface area contributed by atoms with Crippen LogP contribution < -0.4 is 10.5 Å². The molecule has 2 N–H and O–H groups in total. The number of nitrogens with two attached hydrogens (primary N) is 1. The highest BCUT2D eigenvalue weighted by Crippen LogP contribution is 2.54. The van der Waals surface area contributed by atoms with Crippen LogP contribution in [0.4, 0.5) is 0 Å². The lowest BCUT2D eigenvalue weighted by Gasteiger charge is -2.45. The average Bonchev–Trinajstić information content (AvgIpc) is 2.73. The predicted molar refractivity (Wildman–Crippen MR) is 105 cm³/mol. The molecule has 2 aliphatic rings. The first-order valence-corrected chi connectivity index (χ1v) is 9.35. The number of benzene rings is 1. The number of ether oxygens (including phenoxy) is 1. The first kappa shape index (κ1) is 19.5. The van der Waals surface area contributed by atoms with Gasteiger partial charge in [-0.15, -0.1) is 0 Å². The zero-order chi connectivity index (χ0) is 20.3. The van der Waals surface area contributed by atoms with Crippen LogP contribution in [0.15, 0.2) is 47.2 Å². The van der Waals surface area contributed by atoms with Gasteiger partial charge in [0.15, 0.2) is 5.41 Å². The lowest BCUT2D eigenvalue weighted by Crippen LogP contribution is -2.47. The standard InChI is InChI=1S/C22H23N5O/c1-3-8-27-9-7-17-18(12-27)20(15-5-4-6-16(10-15)28-2)22(13-24,14-25)19(11-23)21(17)26/h4-7,10,18,20H,3,8-9,12,26H2,1-2H3/t18-,20-/m0/s1. The van der Waals surface area contributed by atoms with E-state index in [2.05, 4.69) is 30.0 Å². The number of nitriles is 3. The predicted octanol–water partition coefficient (Wildman–Crippen LogP) is 2.83. The van der Waals surface area contributed by atoms with Crippen LogP contribution in [0.3, 0.4) is 0 Å². The van der Waals surface area contributed by atoms with Crippen molar-refractivity contribution in [1.29, 1.82) is 15.8 Å². The third-order valence-corrected chi connectivity index (χ3v) is 5.72. The molecule has 1 aromatic carbocycles. The van der Waals surface area contributed by atoms with Gasteiger partial charge in [-0.25, -0.2) is 0 Å². The molecule has 28 heavy (non-hydrogen) atoms. The molecule has 6 nitrogen and oxygen atoms in total. The monoisotopic (exact) mass is 373 g/mol. The summed E-state index contributed by atoms with van der Waals surface area (Å²) in [6.07, 6.45) is 3.05. The normalized spacial score (nSPS) is 23.6. The highest BCUT2D eigenvalue weighted by Gasteiger charge is 2.54. The Kier molecular flexibility index (Phi) is 5.41. The molecule has 1 aliphatic heterocycles. The van der Waals surface area contributed by atoms with E-state index < -0.39 is 11.3 Å². The van der Waals surface area contributed by atoms with Crippen LogP contribution in [-0.4, -0.2) is 31.6 Å². The van der Waals surface area contributed by atoms with Crippen molar-refractivity contribution in [2.45, 2.75) is 19.3 Å². The molecular formula is C22H23N5O. The van der Waals surface area contributed by atoms with E-state index in [9.17, 15) is 15.8 Å². The summed E-state index contributed by atoms with van der Waals surface area (Å²) in [6, 6.07) is 13.8. The molecule has 2 atom stereocenters. The molecule has 3 rings (SSSR count). The van der Waals surface area contributed by atoms with E-state index in [0.717, 1.165) is 30.6 Å². The number of methoxy groups -OCH3 is 1. The van der Waals surface area contributed by atoms with E-state index in [4.69, 9.17) is 10.5 Å². The smallest absolute Gasteiger partial charge is 0.187 e. The topological polar surface area (TPSA) is 110 Å². The number of fused-ring (bicyclic) bond motifs is 1. The Labute approximate surface area is 165 Å². The minimum atomic E-state index is -1.64. The van der Waals surface area contributed by atoms with Crippen LogP contribution in [0, 0.1) is 45.3 Å². The highest BCUT2D eigenvalue weighted by molar-refractivity contribution is 5.59. The van der Waals surface area contributed by atoms with Crippen LogP contribution in [0.1, 0.15) is 24.8 Å². The van der Waals surface area contributed by atoms with Crippen molar-refractivity contribution >= 4 is 0 Å². The fourth-order valence-electron chi connectivity index (χ4n) is 4.48. The minimum absolute atomic E-state index is 0.0526. The van der Waals surface area contributed by atoms with Crippen molar-refractivity contribution in [3.8, 4) is 24.0 Å². The summed E-state index contributed by atoms with van der Waals surface area (Å²) in [5, 5.41) is 30.0. The van der Waals surface area contributed by atoms with Gasteiger partial charge in [-0.1, -0.05) is 25.1 Å². The van der Waals surface area contributed by atoms with Gasteiger partial charge < -0.3 is 10.5 Å². The minimum Gasteiger partial charge on any atom is -0.497 e. The van der Waals surface area contributed by atoms with Gasteiger partial charge in [-0.05, 0) is 36.2 Å². The third-order valence-electron chi connectivity index (χ3n) is 5.72. The van der Waals surface area contributed by atoms with E-state index >= 15 is 0 Å². The summed E-state index contributed by atoms with van der Waals surface area (Å²) in [6.45, 7) is 4.48. The third kappa shape index (κ3) is 2.91. The summed E-state index contributed by atoms with van der Waals surface area (Å²) in [4.78, 5) is 2.30. The Balaban J connectivity index is 2.27. The summed E-state index contributed by atoms with van der Waals surface area (Å²) >= 11 is 0. The average molecular weight is 373 g/mol. The Bertz CT molecular complexity index is 942. The zero-order valence-electron chi connectivity index (χ0n) is 16.1. The molecule has 0 spiro atoms. The van der Waals surface area contributed by atoms with Crippen LogP contribution in [-0.2, 0) is 0 Å². The lowest BCUT2D eigenvalue weighted by molar-refractivity contribution is 0.208. The maximum atomic E-state index is 10.1. The molecule has 0 amide bonds. The van der Waals surface area contributed by atoms with Crippen molar-refractivity contribution in [3.05, 3.63) is 52.7 Å². The zero-order valence-corrected chi connectivity index (χ0v) is 16.1. The van der Waals surface area contributed by atoms with Crippen molar-refractivity contribution in [2.24, 2.45) is 17.1 Å². The molecule has 142 valence electrons. The van der Waals surface area contributed by atoms with E-state index in [1.807, 2.05) is 30.3 Å². The molecular weight excluding hydrogens is 350 g/mol. The summed E-state index contributed by atoms with van der Waals surface area (Å²) in [5.41, 5.74) is 6.71. The van der Waals surface area contributed by atoms with Crippen LogP contribution in [0.2, 0.25) is 0 Å². The molecule has 0 aromatic heterocycles. The van der Waals surface area contributed by atoms with E-state index in [-0.39, 0.29) is 17.2 Å². The van der Waals surface area contributed by atoms with Gasteiger partial charge in [-0.3, -0.25) is 4.90 Å². The second kappa shape index (κ2) is 7.77. The molecule has 0 bridgehead atoms. The Morgan fingerprint density at radius 1 is 1.29 bits per heavy atom. The number of allylic oxidation sites excluding steroid dienone is 2. The van der Waals surface area contributed by atoms with Gasteiger partial charge in [0, 0.05) is 24.9 Å². The number of rotatable bonds is 4. The van der Waals surface area contributed by atoms with Crippen molar-refractivity contribution < 1.29 is 4.74 Å².